The van der Waals surface area contributed by atoms with Crippen LogP contribution in [-0.4, -0.2) is 24.5 Å². The number of benzene rings is 1. The van der Waals surface area contributed by atoms with Crippen LogP contribution in [0.2, 0.25) is 0 Å². The molecule has 1 saturated heterocycles. The Hall–Kier alpha value is -0.860. The Bertz CT molecular complexity index is 381. The van der Waals surface area contributed by atoms with Gasteiger partial charge in [0.25, 0.3) is 0 Å². The van der Waals surface area contributed by atoms with Crippen LogP contribution >= 0.6 is 0 Å². The average molecular weight is 260 g/mol. The molecule has 19 heavy (non-hydrogen) atoms. The van der Waals surface area contributed by atoms with E-state index in [1.165, 1.54) is 43.5 Å². The van der Waals surface area contributed by atoms with Crippen molar-refractivity contribution in [2.45, 2.75) is 46.1 Å². The molecule has 1 aliphatic rings. The van der Waals surface area contributed by atoms with Gasteiger partial charge in [-0.3, -0.25) is 4.90 Å². The third kappa shape index (κ3) is 4.63. The van der Waals surface area contributed by atoms with E-state index in [2.05, 4.69) is 43.0 Å². The molecule has 2 N–H and O–H groups in total. The second kappa shape index (κ2) is 6.53. The number of hydrogen-bond donors (Lipinski definition) is 1. The van der Waals surface area contributed by atoms with Gasteiger partial charge < -0.3 is 5.73 Å². The molecule has 0 atom stereocenters. The lowest BCUT2D eigenvalue weighted by atomic mass is 9.85. The lowest BCUT2D eigenvalue weighted by molar-refractivity contribution is 0.256. The Morgan fingerprint density at radius 3 is 2.42 bits per heavy atom. The van der Waals surface area contributed by atoms with Crippen molar-refractivity contribution in [1.82, 2.24) is 4.90 Å². The van der Waals surface area contributed by atoms with Crippen LogP contribution in [0.3, 0.4) is 0 Å². The molecule has 2 heteroatoms. The van der Waals surface area contributed by atoms with Crippen molar-refractivity contribution in [3.05, 3.63) is 35.4 Å². The minimum atomic E-state index is 0.528. The van der Waals surface area contributed by atoms with Gasteiger partial charge in [-0.25, -0.2) is 0 Å². The van der Waals surface area contributed by atoms with Crippen LogP contribution in [-0.2, 0) is 13.0 Å². The molecule has 0 aliphatic carbocycles. The van der Waals surface area contributed by atoms with Gasteiger partial charge in [-0.05, 0) is 61.9 Å². The van der Waals surface area contributed by atoms with E-state index in [0.717, 1.165) is 19.5 Å². The zero-order valence-corrected chi connectivity index (χ0v) is 12.5. The largest absolute Gasteiger partial charge is 0.330 e. The summed E-state index contributed by atoms with van der Waals surface area (Å²) in [6.07, 6.45) is 4.99. The number of likely N-dealkylation sites (tertiary alicyclic amines) is 1. The average Bonchev–Trinajstić information content (AvgIpc) is 2.54. The van der Waals surface area contributed by atoms with Gasteiger partial charge >= 0.3 is 0 Å². The molecule has 1 aliphatic heterocycles. The summed E-state index contributed by atoms with van der Waals surface area (Å²) in [6.45, 7) is 9.11. The Morgan fingerprint density at radius 2 is 1.74 bits per heavy atom. The maximum absolute atomic E-state index is 5.58. The first-order valence-corrected chi connectivity index (χ1v) is 7.59. The molecular formula is C17H28N2. The summed E-state index contributed by atoms with van der Waals surface area (Å²) < 4.78 is 0. The van der Waals surface area contributed by atoms with Crippen LogP contribution in [0.15, 0.2) is 24.3 Å². The molecule has 0 saturated carbocycles. The van der Waals surface area contributed by atoms with Gasteiger partial charge in [-0.15, -0.1) is 0 Å². The second-order valence-corrected chi connectivity index (χ2v) is 6.65. The van der Waals surface area contributed by atoms with E-state index in [9.17, 15) is 0 Å². The van der Waals surface area contributed by atoms with Crippen molar-refractivity contribution < 1.29 is 0 Å². The normalized spacial score (nSPS) is 20.2. The molecule has 0 amide bonds. The van der Waals surface area contributed by atoms with Crippen molar-refractivity contribution >= 4 is 0 Å². The molecule has 2 nitrogen and oxygen atoms in total. The van der Waals surface area contributed by atoms with Gasteiger partial charge in [-0.1, -0.05) is 38.1 Å². The van der Waals surface area contributed by atoms with Gasteiger partial charge in [0, 0.05) is 6.54 Å². The number of rotatable bonds is 4. The highest BCUT2D eigenvalue weighted by Gasteiger charge is 2.22. The van der Waals surface area contributed by atoms with Crippen LogP contribution in [0.5, 0.6) is 0 Å². The van der Waals surface area contributed by atoms with Crippen LogP contribution < -0.4 is 5.73 Å². The van der Waals surface area contributed by atoms with Gasteiger partial charge in [0.2, 0.25) is 0 Å². The third-order valence-electron chi connectivity index (χ3n) is 4.29. The van der Waals surface area contributed by atoms with Crippen molar-refractivity contribution in [3.63, 3.8) is 0 Å². The lowest BCUT2D eigenvalue weighted by Gasteiger charge is -2.23. The fourth-order valence-corrected chi connectivity index (χ4v) is 2.87. The van der Waals surface area contributed by atoms with E-state index in [-0.39, 0.29) is 0 Å². The number of nitrogens with zero attached hydrogens (tertiary/aromatic N) is 1. The predicted octanol–water partition coefficient (Wildman–Crippen LogP) is 3.20. The molecule has 1 aromatic carbocycles. The van der Waals surface area contributed by atoms with Crippen molar-refractivity contribution in [1.29, 1.82) is 0 Å². The topological polar surface area (TPSA) is 29.3 Å². The minimum Gasteiger partial charge on any atom is -0.330 e. The van der Waals surface area contributed by atoms with Crippen molar-refractivity contribution in [2.24, 2.45) is 11.1 Å². The Balaban J connectivity index is 1.90. The molecule has 0 spiro atoms. The van der Waals surface area contributed by atoms with E-state index < -0.39 is 0 Å². The highest BCUT2D eigenvalue weighted by Crippen LogP contribution is 2.30. The van der Waals surface area contributed by atoms with Crippen LogP contribution in [0.1, 0.15) is 44.2 Å². The summed E-state index contributed by atoms with van der Waals surface area (Å²) in [5, 5.41) is 0. The molecule has 106 valence electrons. The Kier molecular flexibility index (Phi) is 5.00. The first kappa shape index (κ1) is 14.5. The summed E-state index contributed by atoms with van der Waals surface area (Å²) >= 11 is 0. The van der Waals surface area contributed by atoms with Crippen molar-refractivity contribution in [3.8, 4) is 0 Å². The van der Waals surface area contributed by atoms with Crippen LogP contribution in [0.4, 0.5) is 0 Å². The highest BCUT2D eigenvalue weighted by molar-refractivity contribution is 5.22. The summed E-state index contributed by atoms with van der Waals surface area (Å²) in [5.41, 5.74) is 8.89. The predicted molar refractivity (Wildman–Crippen MR) is 82.1 cm³/mol. The SMILES string of the molecule is CC1(C)CCCN(Cc2ccc(CCN)cc2)CC1. The summed E-state index contributed by atoms with van der Waals surface area (Å²) in [4.78, 5) is 2.60. The van der Waals surface area contributed by atoms with Gasteiger partial charge in [0.15, 0.2) is 0 Å². The van der Waals surface area contributed by atoms with E-state index >= 15 is 0 Å². The summed E-state index contributed by atoms with van der Waals surface area (Å²) in [5.74, 6) is 0. The molecule has 0 unspecified atom stereocenters. The maximum atomic E-state index is 5.58. The van der Waals surface area contributed by atoms with E-state index in [4.69, 9.17) is 5.73 Å². The highest BCUT2D eigenvalue weighted by atomic mass is 15.1. The third-order valence-corrected chi connectivity index (χ3v) is 4.29. The van der Waals surface area contributed by atoms with Gasteiger partial charge in [-0.2, -0.15) is 0 Å². The minimum absolute atomic E-state index is 0.528. The van der Waals surface area contributed by atoms with E-state index in [1.807, 2.05) is 0 Å². The van der Waals surface area contributed by atoms with Gasteiger partial charge in [0.05, 0.1) is 0 Å². The smallest absolute Gasteiger partial charge is 0.0233 e. The molecule has 0 radical (unpaired) electrons. The van der Waals surface area contributed by atoms with Gasteiger partial charge in [0.1, 0.15) is 0 Å². The maximum Gasteiger partial charge on any atom is 0.0233 e. The standard InChI is InChI=1S/C17H28N2/c1-17(2)9-3-12-19(13-10-17)14-16-6-4-15(5-7-16)8-11-18/h4-7H,3,8-14,18H2,1-2H3. The molecule has 0 aromatic heterocycles. The first-order valence-electron chi connectivity index (χ1n) is 7.59. The molecule has 1 fully saturated rings. The van der Waals surface area contributed by atoms with E-state index in [0.29, 0.717) is 5.41 Å². The fourth-order valence-electron chi connectivity index (χ4n) is 2.87. The van der Waals surface area contributed by atoms with E-state index in [1.54, 1.807) is 0 Å². The summed E-state index contributed by atoms with van der Waals surface area (Å²) in [7, 11) is 0. The molecule has 1 heterocycles. The fraction of sp³-hybridized carbons (Fsp3) is 0.647. The Morgan fingerprint density at radius 1 is 1.05 bits per heavy atom. The zero-order valence-electron chi connectivity index (χ0n) is 12.5. The zero-order chi connectivity index (χ0) is 13.7. The molecule has 2 rings (SSSR count). The quantitative estimate of drug-likeness (QED) is 0.901. The number of nitrogens with two attached hydrogens (primary N) is 1. The molecule has 0 bridgehead atoms. The van der Waals surface area contributed by atoms with Crippen molar-refractivity contribution in [2.75, 3.05) is 19.6 Å². The lowest BCUT2D eigenvalue weighted by Crippen LogP contribution is -2.25. The second-order valence-electron chi connectivity index (χ2n) is 6.65. The van der Waals surface area contributed by atoms with Crippen LogP contribution in [0, 0.1) is 5.41 Å². The summed E-state index contributed by atoms with van der Waals surface area (Å²) in [6, 6.07) is 8.98. The monoisotopic (exact) mass is 260 g/mol. The first-order chi connectivity index (χ1) is 9.09. The number of hydrogen-bond acceptors (Lipinski definition) is 2. The molecular weight excluding hydrogens is 232 g/mol. The molecule has 1 aromatic rings. The van der Waals surface area contributed by atoms with Crippen LogP contribution in [0.25, 0.3) is 0 Å². The Labute approximate surface area is 118 Å².